The van der Waals surface area contributed by atoms with Crippen LogP contribution in [0.1, 0.15) is 33.1 Å². The van der Waals surface area contributed by atoms with Gasteiger partial charge in [0.25, 0.3) is 0 Å². The Kier molecular flexibility index (Phi) is 3.09. The molecule has 0 aliphatic heterocycles. The average Bonchev–Trinajstić information content (AvgIpc) is 1.95. The Balaban J connectivity index is 2.33. The smallest absolute Gasteiger partial charge is 0.00470 e. The summed E-state index contributed by atoms with van der Waals surface area (Å²) in [7, 11) is 0. The lowest BCUT2D eigenvalue weighted by Crippen LogP contribution is -2.21. The number of hydrogen-bond donors (Lipinski definition) is 0. The van der Waals surface area contributed by atoms with Gasteiger partial charge in [-0.25, -0.2) is 0 Å². The Bertz CT molecular complexity index is 101. The van der Waals surface area contributed by atoms with E-state index >= 15 is 0 Å². The van der Waals surface area contributed by atoms with Crippen LogP contribution in [0.4, 0.5) is 0 Å². The largest absolute Gasteiger partial charge is 0.162 e. The Morgan fingerprint density at radius 2 is 1.80 bits per heavy atom. The highest BCUT2D eigenvalue weighted by molar-refractivity contribution is 7.99. The molecule has 0 spiro atoms. The Labute approximate surface area is 68.8 Å². The van der Waals surface area contributed by atoms with Crippen molar-refractivity contribution in [2.45, 2.75) is 38.4 Å². The summed E-state index contributed by atoms with van der Waals surface area (Å²) in [6.07, 6.45) is 6.59. The van der Waals surface area contributed by atoms with Gasteiger partial charge in [0.05, 0.1) is 0 Å². The van der Waals surface area contributed by atoms with Gasteiger partial charge in [-0.3, -0.25) is 0 Å². The molecule has 0 aromatic rings. The van der Waals surface area contributed by atoms with Crippen LogP contribution in [0.25, 0.3) is 0 Å². The van der Waals surface area contributed by atoms with Crippen LogP contribution in [-0.4, -0.2) is 11.5 Å². The Morgan fingerprint density at radius 1 is 1.10 bits per heavy atom. The van der Waals surface area contributed by atoms with Gasteiger partial charge in [-0.05, 0) is 37.4 Å². The summed E-state index contributed by atoms with van der Waals surface area (Å²) in [6, 6.07) is 0. The third-order valence-corrected chi connectivity index (χ3v) is 3.98. The maximum Gasteiger partial charge on any atom is 0.00470 e. The second kappa shape index (κ2) is 3.66. The molecule has 1 aliphatic carbocycles. The van der Waals surface area contributed by atoms with Crippen LogP contribution < -0.4 is 0 Å². The van der Waals surface area contributed by atoms with Crippen molar-refractivity contribution in [3.63, 3.8) is 0 Å². The molecule has 0 aromatic heterocycles. The average molecular weight is 158 g/mol. The maximum absolute atomic E-state index is 2.40. The van der Waals surface area contributed by atoms with Crippen LogP contribution in [0.2, 0.25) is 0 Å². The molecule has 60 valence electrons. The molecule has 1 rings (SSSR count). The van der Waals surface area contributed by atoms with Gasteiger partial charge in [0.15, 0.2) is 0 Å². The minimum Gasteiger partial charge on any atom is -0.162 e. The van der Waals surface area contributed by atoms with Crippen LogP contribution in [-0.2, 0) is 0 Å². The molecule has 3 atom stereocenters. The molecule has 0 saturated heterocycles. The van der Waals surface area contributed by atoms with Gasteiger partial charge in [0.2, 0.25) is 0 Å². The van der Waals surface area contributed by atoms with Crippen molar-refractivity contribution >= 4 is 11.8 Å². The van der Waals surface area contributed by atoms with E-state index in [2.05, 4.69) is 31.9 Å². The minimum atomic E-state index is 0.964. The molecule has 1 aliphatic rings. The topological polar surface area (TPSA) is 0 Å². The van der Waals surface area contributed by atoms with Crippen LogP contribution in [0.3, 0.4) is 0 Å². The van der Waals surface area contributed by atoms with Gasteiger partial charge < -0.3 is 0 Å². The summed E-state index contributed by atoms with van der Waals surface area (Å²) >= 11 is 2.05. The van der Waals surface area contributed by atoms with E-state index < -0.39 is 0 Å². The number of thioether (sulfide) groups is 1. The summed E-state index contributed by atoms with van der Waals surface area (Å²) in [6.45, 7) is 4.79. The molecule has 1 heteroatoms. The van der Waals surface area contributed by atoms with E-state index in [9.17, 15) is 0 Å². The zero-order valence-corrected chi connectivity index (χ0v) is 8.08. The highest BCUT2D eigenvalue weighted by atomic mass is 32.2. The van der Waals surface area contributed by atoms with Gasteiger partial charge in [-0.2, -0.15) is 11.8 Å². The molecule has 1 saturated carbocycles. The molecular weight excluding hydrogens is 140 g/mol. The van der Waals surface area contributed by atoms with Crippen molar-refractivity contribution in [2.75, 3.05) is 6.26 Å². The van der Waals surface area contributed by atoms with E-state index in [1.54, 1.807) is 0 Å². The fourth-order valence-corrected chi connectivity index (χ4v) is 2.58. The van der Waals surface area contributed by atoms with E-state index in [-0.39, 0.29) is 0 Å². The minimum absolute atomic E-state index is 0.964. The van der Waals surface area contributed by atoms with Gasteiger partial charge in [0, 0.05) is 5.25 Å². The molecule has 0 aromatic carbocycles. The summed E-state index contributed by atoms with van der Waals surface area (Å²) in [5.41, 5.74) is 0. The van der Waals surface area contributed by atoms with Crippen molar-refractivity contribution < 1.29 is 0 Å². The third kappa shape index (κ3) is 1.91. The van der Waals surface area contributed by atoms with Crippen LogP contribution in [0.5, 0.6) is 0 Å². The van der Waals surface area contributed by atoms with Crippen molar-refractivity contribution in [3.05, 3.63) is 0 Å². The lowest BCUT2D eigenvalue weighted by atomic mass is 9.81. The van der Waals surface area contributed by atoms with Crippen LogP contribution >= 0.6 is 11.8 Å². The summed E-state index contributed by atoms with van der Waals surface area (Å²) < 4.78 is 0. The van der Waals surface area contributed by atoms with Gasteiger partial charge in [-0.1, -0.05) is 13.8 Å². The van der Waals surface area contributed by atoms with E-state index in [0.29, 0.717) is 0 Å². The quantitative estimate of drug-likeness (QED) is 0.565. The first-order valence-corrected chi connectivity index (χ1v) is 5.55. The summed E-state index contributed by atoms with van der Waals surface area (Å²) in [5.74, 6) is 1.94. The predicted molar refractivity (Wildman–Crippen MR) is 49.5 cm³/mol. The Morgan fingerprint density at radius 3 is 2.30 bits per heavy atom. The number of rotatable bonds is 1. The lowest BCUT2D eigenvalue weighted by molar-refractivity contribution is 0.284. The molecule has 0 nitrogen and oxygen atoms in total. The standard InChI is InChI=1S/C9H18S/c1-7-4-5-9(10-3)6-8(7)2/h7-9H,4-6H2,1-3H3. The molecule has 3 unspecified atom stereocenters. The highest BCUT2D eigenvalue weighted by Gasteiger charge is 2.23. The predicted octanol–water partition coefficient (Wildman–Crippen LogP) is 3.17. The molecule has 10 heavy (non-hydrogen) atoms. The highest BCUT2D eigenvalue weighted by Crippen LogP contribution is 2.34. The maximum atomic E-state index is 2.40. The van der Waals surface area contributed by atoms with E-state index in [4.69, 9.17) is 0 Å². The Hall–Kier alpha value is 0.350. The fraction of sp³-hybridized carbons (Fsp3) is 1.00. The van der Waals surface area contributed by atoms with Gasteiger partial charge in [-0.15, -0.1) is 0 Å². The van der Waals surface area contributed by atoms with Crippen molar-refractivity contribution in [1.82, 2.24) is 0 Å². The normalized spacial score (nSPS) is 41.7. The fourth-order valence-electron chi connectivity index (χ4n) is 1.71. The molecular formula is C9H18S. The SMILES string of the molecule is CSC1CCC(C)C(C)C1. The second-order valence-corrected chi connectivity index (χ2v) is 4.76. The zero-order chi connectivity index (χ0) is 7.56. The molecule has 0 N–H and O–H groups in total. The molecule has 0 radical (unpaired) electrons. The van der Waals surface area contributed by atoms with Gasteiger partial charge in [0.1, 0.15) is 0 Å². The van der Waals surface area contributed by atoms with E-state index in [1.165, 1.54) is 19.3 Å². The zero-order valence-electron chi connectivity index (χ0n) is 7.26. The van der Waals surface area contributed by atoms with E-state index in [0.717, 1.165) is 17.1 Å². The second-order valence-electron chi connectivity index (χ2n) is 3.63. The third-order valence-electron chi connectivity index (χ3n) is 2.88. The van der Waals surface area contributed by atoms with Crippen molar-refractivity contribution in [2.24, 2.45) is 11.8 Å². The first-order valence-electron chi connectivity index (χ1n) is 4.26. The van der Waals surface area contributed by atoms with Crippen molar-refractivity contribution in [1.29, 1.82) is 0 Å². The van der Waals surface area contributed by atoms with Crippen LogP contribution in [0, 0.1) is 11.8 Å². The van der Waals surface area contributed by atoms with Gasteiger partial charge >= 0.3 is 0 Å². The monoisotopic (exact) mass is 158 g/mol. The first-order chi connectivity index (χ1) is 4.74. The van der Waals surface area contributed by atoms with Crippen molar-refractivity contribution in [3.8, 4) is 0 Å². The molecule has 0 amide bonds. The summed E-state index contributed by atoms with van der Waals surface area (Å²) in [5, 5.41) is 0.964. The van der Waals surface area contributed by atoms with E-state index in [1.807, 2.05) is 0 Å². The summed E-state index contributed by atoms with van der Waals surface area (Å²) in [4.78, 5) is 0. The molecule has 0 heterocycles. The molecule has 0 bridgehead atoms. The lowest BCUT2D eigenvalue weighted by Gasteiger charge is -2.30. The molecule has 1 fully saturated rings. The first kappa shape index (κ1) is 8.45. The van der Waals surface area contributed by atoms with Crippen LogP contribution in [0.15, 0.2) is 0 Å². The number of hydrogen-bond acceptors (Lipinski definition) is 1.